The topological polar surface area (TPSA) is 245 Å². The first-order chi connectivity index (χ1) is 32.7. The van der Waals surface area contributed by atoms with Crippen molar-refractivity contribution in [3.63, 3.8) is 0 Å². The lowest BCUT2D eigenvalue weighted by Gasteiger charge is -2.30. The van der Waals surface area contributed by atoms with Crippen LogP contribution in [0.1, 0.15) is 79.4 Å². The van der Waals surface area contributed by atoms with E-state index >= 15 is 0 Å². The van der Waals surface area contributed by atoms with Crippen LogP contribution in [-0.4, -0.2) is 113 Å². The number of nitrogens with one attached hydrogen (secondary N) is 3. The zero-order valence-electron chi connectivity index (χ0n) is 38.6. The molecule has 1 aliphatic heterocycles. The third kappa shape index (κ3) is 14.4. The number of benzene rings is 2. The van der Waals surface area contributed by atoms with Crippen LogP contribution in [0.5, 0.6) is 0 Å². The molecule has 0 radical (unpaired) electrons. The highest BCUT2D eigenvalue weighted by molar-refractivity contribution is 7.09. The number of nitrogen functional groups attached to an aromatic ring is 1. The van der Waals surface area contributed by atoms with Crippen LogP contribution in [0.15, 0.2) is 90.4 Å². The minimum Gasteiger partial charge on any atom is -0.444 e. The number of urea groups is 1. The van der Waals surface area contributed by atoms with Crippen molar-refractivity contribution in [1.82, 2.24) is 50.3 Å². The number of anilines is 1. The van der Waals surface area contributed by atoms with Gasteiger partial charge in [0.1, 0.15) is 30.7 Å². The number of alkyl halides is 1. The van der Waals surface area contributed by atoms with Crippen LogP contribution in [-0.2, 0) is 40.3 Å². The molecule has 2 aromatic carbocycles. The third-order valence-corrected chi connectivity index (χ3v) is 13.1. The first kappa shape index (κ1) is 51.3. The number of thiazole rings is 2. The Morgan fingerprint density at radius 3 is 2.31 bits per heavy atom. The SMILES string of the molecule is CC(C)c1nc(CN(C)C(=O)N[C@H](C(=O)N[C@@H](Cc2ccccc2)C[C@H](O)[C@H](Cc2ccccc2)NC(=O)OCc2cncs2)C(C)C)cs1.Nc1ncnc2c1ncn2[C@@H]1O[C@H](CO)C[C@@H]1F. The molecule has 0 aliphatic carbocycles. The van der Waals surface area contributed by atoms with Crippen molar-refractivity contribution < 1.29 is 38.5 Å². The molecule has 0 saturated carbocycles. The van der Waals surface area contributed by atoms with Gasteiger partial charge in [-0.15, -0.1) is 22.7 Å². The normalized spacial score (nSPS) is 17.5. The number of amides is 4. The van der Waals surface area contributed by atoms with Crippen LogP contribution in [0.2, 0.25) is 0 Å². The number of halogens is 1. The van der Waals surface area contributed by atoms with Crippen molar-refractivity contribution >= 4 is 57.7 Å². The van der Waals surface area contributed by atoms with E-state index in [1.165, 1.54) is 33.5 Å². The van der Waals surface area contributed by atoms with Gasteiger partial charge in [0, 0.05) is 37.0 Å². The van der Waals surface area contributed by atoms with Gasteiger partial charge in [-0.1, -0.05) is 88.4 Å². The first-order valence-corrected chi connectivity index (χ1v) is 24.1. The second-order valence-electron chi connectivity index (χ2n) is 17.2. The van der Waals surface area contributed by atoms with E-state index in [4.69, 9.17) is 20.3 Å². The summed E-state index contributed by atoms with van der Waals surface area (Å²) >= 11 is 2.95. The Bertz CT molecular complexity index is 2500. The summed E-state index contributed by atoms with van der Waals surface area (Å²) in [4.78, 5) is 62.9. The molecule has 1 saturated heterocycles. The van der Waals surface area contributed by atoms with Crippen molar-refractivity contribution in [3.05, 3.63) is 117 Å². The van der Waals surface area contributed by atoms with E-state index < -0.39 is 48.8 Å². The highest BCUT2D eigenvalue weighted by atomic mass is 32.1. The van der Waals surface area contributed by atoms with Crippen molar-refractivity contribution in [2.24, 2.45) is 5.92 Å². The van der Waals surface area contributed by atoms with Gasteiger partial charge >= 0.3 is 12.1 Å². The lowest BCUT2D eigenvalue weighted by atomic mass is 9.93. The molecular weight excluding hydrogens is 914 g/mol. The molecule has 4 aromatic heterocycles. The standard InChI is InChI=1S/C37H48N6O5S2.C10H12FN5O2/c1-24(2)33(42-36(46)43(5)20-29-22-49-35(40-29)25(3)4)34(45)39-28(16-26-12-8-6-9-13-26)18-32(44)31(17-27-14-10-7-11-15-27)41-37(47)48-21-30-19-38-23-50-30;11-6-1-5(2-17)18-10(6)16-4-15-7-8(12)13-3-14-9(7)16/h6-15,19,22-25,28,31-33,44H,16-18,20-21H2,1-5H3,(H,39,45)(H,41,47)(H,42,46);3-6,10,17H,1-2H2,(H2,12,13,14)/t28-,31-,32-,33-;5-,6-,10+/m00/s1. The molecule has 364 valence electrons. The van der Waals surface area contributed by atoms with E-state index in [0.29, 0.717) is 36.5 Å². The van der Waals surface area contributed by atoms with Gasteiger partial charge in [0.2, 0.25) is 5.91 Å². The number of alkyl carbamates (subject to hydrolysis) is 1. The zero-order valence-corrected chi connectivity index (χ0v) is 40.3. The monoisotopic (exact) mass is 973 g/mol. The van der Waals surface area contributed by atoms with E-state index in [-0.39, 0.29) is 49.7 Å². The molecule has 7 atom stereocenters. The van der Waals surface area contributed by atoms with E-state index in [2.05, 4.69) is 54.7 Å². The fraction of sp³-hybridized carbons (Fsp3) is 0.447. The van der Waals surface area contributed by atoms with Crippen molar-refractivity contribution in [2.45, 2.75) is 115 Å². The van der Waals surface area contributed by atoms with Crippen LogP contribution in [0, 0.1) is 5.92 Å². The number of ether oxygens (including phenoxy) is 2. The number of fused-ring (bicyclic) bond motifs is 1. The van der Waals surface area contributed by atoms with Gasteiger partial charge in [-0.3, -0.25) is 14.3 Å². The number of hydrogen-bond donors (Lipinski definition) is 6. The van der Waals surface area contributed by atoms with Crippen LogP contribution < -0.4 is 21.7 Å². The molecule has 1 aliphatic rings. The number of aliphatic hydroxyl groups is 2. The Morgan fingerprint density at radius 1 is 0.985 bits per heavy atom. The summed E-state index contributed by atoms with van der Waals surface area (Å²) in [6, 6.07) is 16.8. The first-order valence-electron chi connectivity index (χ1n) is 22.3. The molecule has 7 rings (SSSR count). The van der Waals surface area contributed by atoms with Crippen LogP contribution in [0.25, 0.3) is 11.2 Å². The maximum absolute atomic E-state index is 13.9. The average Bonchev–Trinajstić information content (AvgIpc) is 4.16. The lowest BCUT2D eigenvalue weighted by Crippen LogP contribution is -2.55. The van der Waals surface area contributed by atoms with E-state index in [1.54, 1.807) is 30.1 Å². The molecule has 1 fully saturated rings. The minimum absolute atomic E-state index is 0.0671. The van der Waals surface area contributed by atoms with E-state index in [0.717, 1.165) is 26.7 Å². The second-order valence-corrected chi connectivity index (χ2v) is 19.1. The van der Waals surface area contributed by atoms with E-state index in [1.807, 2.05) is 79.9 Å². The number of aliphatic hydroxyl groups excluding tert-OH is 2. The second kappa shape index (κ2) is 24.8. The molecule has 0 bridgehead atoms. The third-order valence-electron chi connectivity index (χ3n) is 11.1. The Morgan fingerprint density at radius 2 is 1.69 bits per heavy atom. The Kier molecular flexibility index (Phi) is 18.7. The Hall–Kier alpha value is -6.13. The largest absolute Gasteiger partial charge is 0.444 e. The highest BCUT2D eigenvalue weighted by Gasteiger charge is 2.37. The molecule has 18 nitrogen and oxygen atoms in total. The fourth-order valence-corrected chi connectivity index (χ4v) is 8.84. The quantitative estimate of drug-likeness (QED) is 0.0552. The number of carbonyl (C=O) groups excluding carboxylic acids is 3. The molecule has 6 aromatic rings. The Balaban J connectivity index is 0.000000349. The van der Waals surface area contributed by atoms with Crippen molar-refractivity contribution in [3.8, 4) is 0 Å². The van der Waals surface area contributed by atoms with Crippen LogP contribution in [0.3, 0.4) is 0 Å². The molecule has 68 heavy (non-hydrogen) atoms. The number of carbonyl (C=O) groups is 3. The number of nitrogens with two attached hydrogens (primary N) is 1. The summed E-state index contributed by atoms with van der Waals surface area (Å²) < 4.78 is 26.2. The van der Waals surface area contributed by atoms with Gasteiger partial charge in [0.15, 0.2) is 17.7 Å². The summed E-state index contributed by atoms with van der Waals surface area (Å²) in [5.41, 5.74) is 10.8. The molecule has 21 heteroatoms. The maximum Gasteiger partial charge on any atom is 0.407 e. The molecule has 0 unspecified atom stereocenters. The van der Waals surface area contributed by atoms with Gasteiger partial charge in [-0.2, -0.15) is 0 Å². The maximum atomic E-state index is 13.9. The lowest BCUT2D eigenvalue weighted by molar-refractivity contribution is -0.124. The number of aromatic nitrogens is 6. The van der Waals surface area contributed by atoms with Gasteiger partial charge in [0.05, 0.1) is 58.8 Å². The number of hydrogen-bond acceptors (Lipinski definition) is 15. The van der Waals surface area contributed by atoms with Crippen LogP contribution in [0.4, 0.5) is 19.8 Å². The summed E-state index contributed by atoms with van der Waals surface area (Å²) in [6.07, 6.45) is 1.16. The predicted octanol–water partition coefficient (Wildman–Crippen LogP) is 5.93. The highest BCUT2D eigenvalue weighted by Crippen LogP contribution is 2.33. The van der Waals surface area contributed by atoms with Crippen molar-refractivity contribution in [1.29, 1.82) is 0 Å². The Labute approximate surface area is 402 Å². The van der Waals surface area contributed by atoms with Gasteiger partial charge in [-0.05, 0) is 36.3 Å². The summed E-state index contributed by atoms with van der Waals surface area (Å²) in [5, 5.41) is 32.5. The van der Waals surface area contributed by atoms with Crippen molar-refractivity contribution in [2.75, 3.05) is 19.4 Å². The molecule has 7 N–H and O–H groups in total. The fourth-order valence-electron chi connectivity index (χ4n) is 7.51. The van der Waals surface area contributed by atoms with Gasteiger partial charge in [-0.25, -0.2) is 33.9 Å². The van der Waals surface area contributed by atoms with E-state index in [9.17, 15) is 23.9 Å². The average molecular weight is 974 g/mol. The van der Waals surface area contributed by atoms with Gasteiger partial charge < -0.3 is 46.3 Å². The smallest absolute Gasteiger partial charge is 0.407 e. The summed E-state index contributed by atoms with van der Waals surface area (Å²) in [7, 11) is 1.68. The number of imidazole rings is 1. The molecule has 5 heterocycles. The van der Waals surface area contributed by atoms with Gasteiger partial charge in [0.25, 0.3) is 0 Å². The zero-order chi connectivity index (χ0) is 48.7. The predicted molar refractivity (Wildman–Crippen MR) is 257 cm³/mol. The number of rotatable bonds is 19. The minimum atomic E-state index is -1.21. The molecule has 4 amide bonds. The molecule has 0 spiro atoms. The van der Waals surface area contributed by atoms with Crippen LogP contribution >= 0.6 is 22.7 Å². The number of nitrogens with zero attached hydrogens (tertiary/aromatic N) is 7. The summed E-state index contributed by atoms with van der Waals surface area (Å²) in [5.74, 6) is -0.0352. The summed E-state index contributed by atoms with van der Waals surface area (Å²) in [6.45, 7) is 8.07. The molecular formula is C47H60FN11O7S2.